The molecule has 0 bridgehead atoms. The zero-order valence-electron chi connectivity index (χ0n) is 35.9. The Bertz CT molecular complexity index is 2380. The predicted molar refractivity (Wildman–Crippen MR) is 241 cm³/mol. The lowest BCUT2D eigenvalue weighted by Gasteiger charge is -2.28. The second-order valence-corrected chi connectivity index (χ2v) is 20.1. The van der Waals surface area contributed by atoms with Crippen molar-refractivity contribution >= 4 is 54.4 Å². The number of anilines is 4. The number of ketones is 2. The van der Waals surface area contributed by atoms with Crippen LogP contribution in [0.1, 0.15) is 157 Å². The van der Waals surface area contributed by atoms with Crippen LogP contribution in [-0.2, 0) is 45.7 Å². The summed E-state index contributed by atoms with van der Waals surface area (Å²) in [5.74, 6) is -0.673. The highest BCUT2D eigenvalue weighted by molar-refractivity contribution is 7.90. The van der Waals surface area contributed by atoms with Gasteiger partial charge in [0.05, 0.1) is 32.3 Å². The van der Waals surface area contributed by atoms with Crippen LogP contribution in [0, 0.1) is 13.8 Å². The first-order valence-corrected chi connectivity index (χ1v) is 25.0. The molecule has 2 saturated carbocycles. The van der Waals surface area contributed by atoms with Crippen molar-refractivity contribution in [3.05, 3.63) is 104 Å². The summed E-state index contributed by atoms with van der Waals surface area (Å²) in [6.07, 6.45) is 11.4. The summed E-state index contributed by atoms with van der Waals surface area (Å²) in [5.41, 5.74) is 7.24. The van der Waals surface area contributed by atoms with E-state index in [0.29, 0.717) is 70.7 Å². The number of sulfonamides is 2. The molecule has 2 fully saturated rings. The average Bonchev–Trinajstić information content (AvgIpc) is 3.23. The largest absolute Gasteiger partial charge is 0.354 e. The molecule has 3 aliphatic rings. The van der Waals surface area contributed by atoms with Gasteiger partial charge < -0.3 is 10.6 Å². The van der Waals surface area contributed by atoms with Crippen molar-refractivity contribution in [2.75, 3.05) is 10.6 Å². The third-order valence-corrected chi connectivity index (χ3v) is 16.2. The van der Waals surface area contributed by atoms with Crippen LogP contribution < -0.4 is 20.1 Å². The Morgan fingerprint density at radius 2 is 0.900 bits per heavy atom. The average molecular weight is 853 g/mol. The topological polar surface area (TPSA) is 151 Å². The summed E-state index contributed by atoms with van der Waals surface area (Å²) in [7, 11) is -7.80. The van der Waals surface area contributed by atoms with Crippen molar-refractivity contribution in [3.63, 3.8) is 0 Å². The number of carbonyl (C=O) groups is 2. The van der Waals surface area contributed by atoms with Crippen LogP contribution in [0.2, 0.25) is 0 Å². The molecule has 4 aromatic rings. The number of nitrogens with one attached hydrogen (secondary N) is 4. The minimum atomic E-state index is -3.90. The molecule has 0 spiro atoms. The molecule has 0 unspecified atom stereocenters. The molecular formula is C48H60N4O6S2. The summed E-state index contributed by atoms with van der Waals surface area (Å²) in [6.45, 7) is 11.6. The third-order valence-electron chi connectivity index (χ3n) is 12.7. The van der Waals surface area contributed by atoms with E-state index < -0.39 is 20.0 Å². The molecule has 4 N–H and O–H groups in total. The summed E-state index contributed by atoms with van der Waals surface area (Å²) < 4.78 is 62.9. The van der Waals surface area contributed by atoms with Crippen molar-refractivity contribution in [3.8, 4) is 0 Å². The minimum absolute atomic E-state index is 0.120. The Kier molecular flexibility index (Phi) is 13.1. The fourth-order valence-corrected chi connectivity index (χ4v) is 13.6. The van der Waals surface area contributed by atoms with Gasteiger partial charge in [0.25, 0.3) is 0 Å². The predicted octanol–water partition coefficient (Wildman–Crippen LogP) is 10.0. The summed E-state index contributed by atoms with van der Waals surface area (Å²) >= 11 is 0. The van der Waals surface area contributed by atoms with E-state index in [-0.39, 0.29) is 55.7 Å². The van der Waals surface area contributed by atoms with E-state index >= 15 is 0 Å². The van der Waals surface area contributed by atoms with Gasteiger partial charge in [0, 0.05) is 34.6 Å². The van der Waals surface area contributed by atoms with Gasteiger partial charge >= 0.3 is 0 Å². The fourth-order valence-electron chi connectivity index (χ4n) is 9.88. The SMILES string of the molecule is CCc1cc(C)c(S(=O)(=O)NC2CCCCC2)c(CC)c1Nc1ccc(Nc2c(CC)cc(C)c(S(=O)(=O)NC3CCCCC3)c2CC)c2c1C(=O)c1ccccc1C2=O. The monoisotopic (exact) mass is 852 g/mol. The van der Waals surface area contributed by atoms with Gasteiger partial charge in [0.15, 0.2) is 11.6 Å². The second kappa shape index (κ2) is 17.9. The number of hydrogen-bond donors (Lipinski definition) is 4. The maximum Gasteiger partial charge on any atom is 0.241 e. The van der Waals surface area contributed by atoms with E-state index in [2.05, 4.69) is 20.1 Å². The van der Waals surface area contributed by atoms with E-state index in [0.717, 1.165) is 75.3 Å². The highest BCUT2D eigenvalue weighted by atomic mass is 32.2. The van der Waals surface area contributed by atoms with Crippen molar-refractivity contribution in [1.82, 2.24) is 9.44 Å². The molecule has 320 valence electrons. The molecule has 3 aliphatic carbocycles. The van der Waals surface area contributed by atoms with Crippen LogP contribution in [0.5, 0.6) is 0 Å². The molecule has 0 atom stereocenters. The summed E-state index contributed by atoms with van der Waals surface area (Å²) in [4.78, 5) is 30.0. The van der Waals surface area contributed by atoms with Crippen LogP contribution in [-0.4, -0.2) is 40.5 Å². The number of aryl methyl sites for hydroxylation is 4. The van der Waals surface area contributed by atoms with E-state index in [4.69, 9.17) is 0 Å². The lowest BCUT2D eigenvalue weighted by atomic mass is 9.82. The molecule has 7 rings (SSSR count). The van der Waals surface area contributed by atoms with Gasteiger partial charge in [0.1, 0.15) is 0 Å². The van der Waals surface area contributed by atoms with Gasteiger partial charge in [0.2, 0.25) is 20.0 Å². The van der Waals surface area contributed by atoms with Crippen LogP contribution >= 0.6 is 0 Å². The molecular weight excluding hydrogens is 793 g/mol. The number of rotatable bonds is 14. The zero-order valence-corrected chi connectivity index (χ0v) is 37.6. The molecule has 0 amide bonds. The van der Waals surface area contributed by atoms with Crippen LogP contribution in [0.3, 0.4) is 0 Å². The molecule has 0 heterocycles. The molecule has 0 radical (unpaired) electrons. The van der Waals surface area contributed by atoms with Gasteiger partial charge in [-0.15, -0.1) is 0 Å². The summed E-state index contributed by atoms with van der Waals surface area (Å²) in [6, 6.07) is 13.9. The van der Waals surface area contributed by atoms with Gasteiger partial charge in [-0.05, 0) is 111 Å². The molecule has 60 heavy (non-hydrogen) atoms. The van der Waals surface area contributed by atoms with E-state index in [1.807, 2.05) is 53.7 Å². The molecule has 10 nitrogen and oxygen atoms in total. The second-order valence-electron chi connectivity index (χ2n) is 16.8. The minimum Gasteiger partial charge on any atom is -0.354 e. The Morgan fingerprint density at radius 3 is 1.23 bits per heavy atom. The Balaban J connectivity index is 1.38. The molecule has 0 saturated heterocycles. The quantitative estimate of drug-likeness (QED) is 0.0863. The molecule has 0 aromatic heterocycles. The van der Waals surface area contributed by atoms with Crippen molar-refractivity contribution in [2.45, 2.75) is 153 Å². The Labute approximate surface area is 356 Å². The number of benzene rings is 4. The molecule has 0 aliphatic heterocycles. The number of carbonyl (C=O) groups excluding carboxylic acids is 2. The van der Waals surface area contributed by atoms with E-state index in [1.165, 1.54) is 0 Å². The number of hydrogen-bond acceptors (Lipinski definition) is 8. The Hall–Kier alpha value is -4.36. The smallest absolute Gasteiger partial charge is 0.241 e. The standard InChI is InChI=1S/C48H60N4O6S2/c1-7-31-27-29(5)47(59(55,56)51-33-19-13-11-14-20-33)35(9-3)43(31)49-39-25-26-40(42-41(39)45(53)37-23-17-18-24-38(37)46(42)54)50-44-32(8-2)28-30(6)48(36(44)10-4)60(57,58)52-34-21-15-12-16-22-34/h17-18,23-28,33-34,49-52H,7-16,19-22H2,1-6H3. The van der Waals surface area contributed by atoms with Gasteiger partial charge in [-0.1, -0.05) is 103 Å². The highest BCUT2D eigenvalue weighted by Gasteiger charge is 2.36. The van der Waals surface area contributed by atoms with Crippen molar-refractivity contribution in [1.29, 1.82) is 0 Å². The van der Waals surface area contributed by atoms with Gasteiger partial charge in [-0.3, -0.25) is 9.59 Å². The van der Waals surface area contributed by atoms with E-state index in [1.54, 1.807) is 36.4 Å². The highest BCUT2D eigenvalue weighted by Crippen LogP contribution is 2.43. The molecule has 12 heteroatoms. The lowest BCUT2D eigenvalue weighted by molar-refractivity contribution is 0.0980. The third kappa shape index (κ3) is 8.32. The first kappa shape index (κ1) is 43.7. The maximum absolute atomic E-state index is 14.7. The first-order valence-electron chi connectivity index (χ1n) is 22.0. The van der Waals surface area contributed by atoms with Gasteiger partial charge in [-0.25, -0.2) is 26.3 Å². The Morgan fingerprint density at radius 1 is 0.533 bits per heavy atom. The zero-order chi connectivity index (χ0) is 42.9. The van der Waals surface area contributed by atoms with E-state index in [9.17, 15) is 26.4 Å². The summed E-state index contributed by atoms with van der Waals surface area (Å²) in [5, 5.41) is 7.05. The fraction of sp³-hybridized carbons (Fsp3) is 0.458. The van der Waals surface area contributed by atoms with Crippen molar-refractivity contribution in [2.24, 2.45) is 0 Å². The van der Waals surface area contributed by atoms with Crippen LogP contribution in [0.15, 0.2) is 58.3 Å². The van der Waals surface area contributed by atoms with Crippen LogP contribution in [0.4, 0.5) is 22.7 Å². The van der Waals surface area contributed by atoms with Gasteiger partial charge in [-0.2, -0.15) is 0 Å². The van der Waals surface area contributed by atoms with Crippen LogP contribution in [0.25, 0.3) is 0 Å². The van der Waals surface area contributed by atoms with Crippen molar-refractivity contribution < 1.29 is 26.4 Å². The molecule has 4 aromatic carbocycles. The first-order chi connectivity index (χ1) is 28.7. The number of fused-ring (bicyclic) bond motifs is 2. The lowest BCUT2D eigenvalue weighted by Crippen LogP contribution is -2.37. The maximum atomic E-state index is 14.7. The normalized spacial score (nSPS) is 16.4.